The number of allylic oxidation sites excluding steroid dienone is 2. The highest BCUT2D eigenvalue weighted by Gasteiger charge is 2.13. The van der Waals surface area contributed by atoms with Crippen molar-refractivity contribution in [1.82, 2.24) is 10.6 Å². The molecule has 0 fully saturated rings. The van der Waals surface area contributed by atoms with Crippen LogP contribution in [-0.2, 0) is 28.7 Å². The minimum absolute atomic E-state index is 0.188. The normalized spacial score (nSPS) is 11.4. The number of carbonyl (C=O) groups is 4. The lowest BCUT2D eigenvalue weighted by Crippen LogP contribution is -2.27. The number of methoxy groups -OCH3 is 2. The monoisotopic (exact) mass is 284 g/mol. The minimum Gasteiger partial charge on any atom is -0.464 e. The van der Waals surface area contributed by atoms with Crippen LogP contribution in [0.25, 0.3) is 0 Å². The Morgan fingerprint density at radius 1 is 0.750 bits per heavy atom. The molecule has 0 aromatic rings. The predicted molar refractivity (Wildman–Crippen MR) is 67.8 cm³/mol. The van der Waals surface area contributed by atoms with E-state index < -0.39 is 23.8 Å². The van der Waals surface area contributed by atoms with E-state index in [0.29, 0.717) is 0 Å². The Labute approximate surface area is 115 Å². The molecule has 2 N–H and O–H groups in total. The van der Waals surface area contributed by atoms with Crippen molar-refractivity contribution >= 4 is 23.8 Å². The zero-order chi connectivity index (χ0) is 15.7. The fourth-order valence-electron chi connectivity index (χ4n) is 1.09. The molecule has 0 aliphatic carbocycles. The van der Waals surface area contributed by atoms with Crippen LogP contribution < -0.4 is 10.6 Å². The third kappa shape index (κ3) is 6.34. The van der Waals surface area contributed by atoms with Gasteiger partial charge in [-0.3, -0.25) is 9.59 Å². The number of hydrogen-bond acceptors (Lipinski definition) is 6. The van der Waals surface area contributed by atoms with Crippen LogP contribution in [-0.4, -0.2) is 38.0 Å². The lowest BCUT2D eigenvalue weighted by molar-refractivity contribution is -0.138. The third-order valence-corrected chi connectivity index (χ3v) is 1.85. The zero-order valence-corrected chi connectivity index (χ0v) is 11.6. The smallest absolute Gasteiger partial charge is 0.354 e. The second-order valence-corrected chi connectivity index (χ2v) is 3.51. The minimum atomic E-state index is -0.802. The summed E-state index contributed by atoms with van der Waals surface area (Å²) in [5.74, 6) is -2.59. The molecule has 0 aromatic carbocycles. The fourth-order valence-corrected chi connectivity index (χ4v) is 1.09. The van der Waals surface area contributed by atoms with E-state index in [1.54, 1.807) is 0 Å². The van der Waals surface area contributed by atoms with Gasteiger partial charge in [-0.25, -0.2) is 9.59 Å². The first-order chi connectivity index (χ1) is 9.31. The van der Waals surface area contributed by atoms with Crippen LogP contribution in [0.15, 0.2) is 23.5 Å². The summed E-state index contributed by atoms with van der Waals surface area (Å²) in [5, 5.41) is 4.47. The van der Waals surface area contributed by atoms with Crippen LogP contribution in [0.4, 0.5) is 0 Å². The highest BCUT2D eigenvalue weighted by Crippen LogP contribution is 1.99. The molecule has 0 spiro atoms. The van der Waals surface area contributed by atoms with Gasteiger partial charge in [-0.15, -0.1) is 0 Å². The molecule has 8 nitrogen and oxygen atoms in total. The predicted octanol–water partition coefficient (Wildman–Crippen LogP) is -0.628. The number of hydrogen-bond donors (Lipinski definition) is 2. The molecular weight excluding hydrogens is 268 g/mol. The van der Waals surface area contributed by atoms with Crippen molar-refractivity contribution in [3.63, 3.8) is 0 Å². The van der Waals surface area contributed by atoms with Gasteiger partial charge in [0.2, 0.25) is 11.8 Å². The van der Waals surface area contributed by atoms with Crippen molar-refractivity contribution < 1.29 is 28.7 Å². The number of carbonyl (C=O) groups excluding carboxylic acids is 4. The number of amides is 2. The third-order valence-electron chi connectivity index (χ3n) is 1.85. The number of nitrogens with one attached hydrogen (secondary N) is 2. The molecule has 0 radical (unpaired) electrons. The Hall–Kier alpha value is -2.64. The zero-order valence-electron chi connectivity index (χ0n) is 11.6. The van der Waals surface area contributed by atoms with Gasteiger partial charge < -0.3 is 20.1 Å². The summed E-state index contributed by atoms with van der Waals surface area (Å²) >= 11 is 0. The first-order valence-corrected chi connectivity index (χ1v) is 5.45. The van der Waals surface area contributed by atoms with Crippen molar-refractivity contribution in [2.45, 2.75) is 13.8 Å². The molecular formula is C12H16N2O6. The summed E-state index contributed by atoms with van der Waals surface area (Å²) in [5.41, 5.74) is -0.376. The summed E-state index contributed by atoms with van der Waals surface area (Å²) in [7, 11) is 2.27. The maximum absolute atomic E-state index is 11.4. The molecule has 0 rings (SSSR count). The standard InChI is InChI=1S/C12H16N2O6/c1-7(15)13-9(11(17)19-3)5-6-10(12(18)20-4)14-8(2)16/h5-6H,1-4H3,(H,13,15)(H,14,16)/b9-5-,10-6-. The molecule has 0 atom stereocenters. The van der Waals surface area contributed by atoms with Crippen molar-refractivity contribution in [2.75, 3.05) is 14.2 Å². The van der Waals surface area contributed by atoms with E-state index in [4.69, 9.17) is 0 Å². The molecule has 0 saturated carbocycles. The summed E-state index contributed by atoms with van der Waals surface area (Å²) in [6.07, 6.45) is 2.24. The molecule has 0 aromatic heterocycles. The van der Waals surface area contributed by atoms with Gasteiger partial charge in [-0.05, 0) is 12.2 Å². The number of ether oxygens (including phenoxy) is 2. The molecule has 0 bridgehead atoms. The number of rotatable bonds is 5. The van der Waals surface area contributed by atoms with Gasteiger partial charge in [0.05, 0.1) is 14.2 Å². The van der Waals surface area contributed by atoms with Gasteiger partial charge in [0.25, 0.3) is 0 Å². The number of esters is 2. The fraction of sp³-hybridized carbons (Fsp3) is 0.333. The van der Waals surface area contributed by atoms with Gasteiger partial charge in [0.1, 0.15) is 11.4 Å². The Kier molecular flexibility index (Phi) is 7.34. The lowest BCUT2D eigenvalue weighted by atomic mass is 10.3. The van der Waals surface area contributed by atoms with Gasteiger partial charge in [-0.1, -0.05) is 0 Å². The van der Waals surface area contributed by atoms with E-state index >= 15 is 0 Å². The van der Waals surface area contributed by atoms with Crippen LogP contribution in [0.2, 0.25) is 0 Å². The van der Waals surface area contributed by atoms with E-state index in [0.717, 1.165) is 26.4 Å². The molecule has 110 valence electrons. The largest absolute Gasteiger partial charge is 0.464 e. The van der Waals surface area contributed by atoms with Gasteiger partial charge >= 0.3 is 11.9 Å². The molecule has 0 unspecified atom stereocenters. The highest BCUT2D eigenvalue weighted by atomic mass is 16.5. The van der Waals surface area contributed by atoms with E-state index in [-0.39, 0.29) is 11.4 Å². The molecule has 0 aliphatic rings. The highest BCUT2D eigenvalue weighted by molar-refractivity contribution is 5.95. The molecule has 20 heavy (non-hydrogen) atoms. The maximum Gasteiger partial charge on any atom is 0.354 e. The second kappa shape index (κ2) is 8.46. The first-order valence-electron chi connectivity index (χ1n) is 5.45. The maximum atomic E-state index is 11.4. The average Bonchev–Trinajstić information content (AvgIpc) is 2.39. The van der Waals surface area contributed by atoms with Crippen LogP contribution >= 0.6 is 0 Å². The van der Waals surface area contributed by atoms with Crippen molar-refractivity contribution in [3.8, 4) is 0 Å². The summed E-state index contributed by atoms with van der Waals surface area (Å²) < 4.78 is 8.92. The lowest BCUT2D eigenvalue weighted by Gasteiger charge is -2.06. The summed E-state index contributed by atoms with van der Waals surface area (Å²) in [6, 6.07) is 0. The molecule has 0 aliphatic heterocycles. The molecule has 0 saturated heterocycles. The van der Waals surface area contributed by atoms with E-state index in [1.807, 2.05) is 0 Å². The van der Waals surface area contributed by atoms with Gasteiger partial charge in [-0.2, -0.15) is 0 Å². The summed E-state index contributed by atoms with van der Waals surface area (Å²) in [6.45, 7) is 2.41. The second-order valence-electron chi connectivity index (χ2n) is 3.51. The van der Waals surface area contributed by atoms with Crippen LogP contribution in [0.3, 0.4) is 0 Å². The average molecular weight is 284 g/mol. The molecule has 0 heterocycles. The van der Waals surface area contributed by atoms with Crippen LogP contribution in [0.5, 0.6) is 0 Å². The van der Waals surface area contributed by atoms with E-state index in [9.17, 15) is 19.2 Å². The molecule has 2 amide bonds. The Morgan fingerprint density at radius 3 is 1.25 bits per heavy atom. The molecule has 8 heteroatoms. The Morgan fingerprint density at radius 2 is 1.05 bits per heavy atom. The van der Waals surface area contributed by atoms with Gasteiger partial charge in [0.15, 0.2) is 0 Å². The quantitative estimate of drug-likeness (QED) is 0.395. The van der Waals surface area contributed by atoms with Crippen molar-refractivity contribution in [1.29, 1.82) is 0 Å². The topological polar surface area (TPSA) is 111 Å². The van der Waals surface area contributed by atoms with Crippen molar-refractivity contribution in [3.05, 3.63) is 23.5 Å². The van der Waals surface area contributed by atoms with Gasteiger partial charge in [0, 0.05) is 13.8 Å². The SMILES string of the molecule is COC(=O)/C(=C/C=C(\NC(C)=O)C(=O)OC)NC(C)=O. The first kappa shape index (κ1) is 17.4. The van der Waals surface area contributed by atoms with Crippen LogP contribution in [0.1, 0.15) is 13.8 Å². The summed E-state index contributed by atoms with van der Waals surface area (Å²) in [4.78, 5) is 44.7. The Balaban J connectivity index is 5.38. The van der Waals surface area contributed by atoms with Crippen molar-refractivity contribution in [2.24, 2.45) is 0 Å². The Bertz CT molecular complexity index is 434. The van der Waals surface area contributed by atoms with E-state index in [2.05, 4.69) is 20.1 Å². The van der Waals surface area contributed by atoms with E-state index in [1.165, 1.54) is 13.8 Å². The van der Waals surface area contributed by atoms with Crippen LogP contribution in [0, 0.1) is 0 Å².